The van der Waals surface area contributed by atoms with Gasteiger partial charge in [0.2, 0.25) is 11.9 Å². The second-order valence-electron chi connectivity index (χ2n) is 8.46. The number of hydrogen-bond acceptors (Lipinski definition) is 9. The number of carbonyl (C=O) groups is 1. The lowest BCUT2D eigenvalue weighted by atomic mass is 10.1. The zero-order valence-corrected chi connectivity index (χ0v) is 18.5. The molecular formula is C21H30N8O2. The topological polar surface area (TPSA) is 99.6 Å². The van der Waals surface area contributed by atoms with Gasteiger partial charge in [0.25, 0.3) is 0 Å². The first kappa shape index (κ1) is 21.2. The van der Waals surface area contributed by atoms with Crippen LogP contribution in [0.3, 0.4) is 0 Å². The molecule has 0 bridgehead atoms. The van der Waals surface area contributed by atoms with Crippen LogP contribution in [0.5, 0.6) is 0 Å². The largest absolute Gasteiger partial charge is 0.447 e. The second kappa shape index (κ2) is 9.01. The average Bonchev–Trinajstić information content (AvgIpc) is 3.16. The monoisotopic (exact) mass is 426 g/mol. The Morgan fingerprint density at radius 3 is 2.55 bits per heavy atom. The van der Waals surface area contributed by atoms with Crippen molar-refractivity contribution in [2.24, 2.45) is 5.92 Å². The summed E-state index contributed by atoms with van der Waals surface area (Å²) >= 11 is 0. The highest BCUT2D eigenvalue weighted by Gasteiger charge is 2.38. The third-order valence-corrected chi connectivity index (χ3v) is 5.88. The number of ether oxygens (including phenoxy) is 1. The van der Waals surface area contributed by atoms with E-state index in [1.165, 1.54) is 11.2 Å². The Bertz CT molecular complexity index is 899. The fourth-order valence-electron chi connectivity index (χ4n) is 3.80. The van der Waals surface area contributed by atoms with E-state index in [0.717, 1.165) is 37.6 Å². The van der Waals surface area contributed by atoms with E-state index in [-0.39, 0.29) is 18.0 Å². The first-order valence-corrected chi connectivity index (χ1v) is 10.7. The number of aromatic nitrogens is 4. The van der Waals surface area contributed by atoms with E-state index in [1.807, 2.05) is 33.0 Å². The van der Waals surface area contributed by atoms with Crippen LogP contribution in [0.15, 0.2) is 24.7 Å². The summed E-state index contributed by atoms with van der Waals surface area (Å²) in [5.41, 5.74) is 2.03. The van der Waals surface area contributed by atoms with Gasteiger partial charge in [-0.2, -0.15) is 4.98 Å². The summed E-state index contributed by atoms with van der Waals surface area (Å²) in [5.74, 6) is 0.912. The fourth-order valence-corrected chi connectivity index (χ4v) is 3.80. The molecule has 2 saturated heterocycles. The Balaban J connectivity index is 1.43. The van der Waals surface area contributed by atoms with Crippen LogP contribution in [0.2, 0.25) is 0 Å². The van der Waals surface area contributed by atoms with Crippen LogP contribution >= 0.6 is 0 Å². The number of anilines is 3. The van der Waals surface area contributed by atoms with Crippen LogP contribution in [-0.2, 0) is 4.74 Å². The van der Waals surface area contributed by atoms with Gasteiger partial charge in [0.05, 0.1) is 29.7 Å². The summed E-state index contributed by atoms with van der Waals surface area (Å²) in [6.07, 6.45) is 2.90. The summed E-state index contributed by atoms with van der Waals surface area (Å²) in [5, 5.41) is 3.26. The lowest BCUT2D eigenvalue weighted by Gasteiger charge is -2.33. The Kier molecular flexibility index (Phi) is 6.17. The van der Waals surface area contributed by atoms with Crippen molar-refractivity contribution in [1.29, 1.82) is 0 Å². The molecule has 0 saturated carbocycles. The van der Waals surface area contributed by atoms with Crippen molar-refractivity contribution in [3.05, 3.63) is 30.4 Å². The predicted molar refractivity (Wildman–Crippen MR) is 118 cm³/mol. The van der Waals surface area contributed by atoms with E-state index in [4.69, 9.17) is 4.74 Å². The molecule has 2 aromatic heterocycles. The van der Waals surface area contributed by atoms with Gasteiger partial charge >= 0.3 is 6.09 Å². The van der Waals surface area contributed by atoms with E-state index in [0.29, 0.717) is 18.5 Å². The van der Waals surface area contributed by atoms with E-state index >= 15 is 0 Å². The van der Waals surface area contributed by atoms with Crippen LogP contribution < -0.4 is 15.1 Å². The van der Waals surface area contributed by atoms with Gasteiger partial charge in [0.15, 0.2) is 0 Å². The SMILES string of the molecule is CC(C)[C@H]1COC(=O)N1c1ncnc(N[C@H](C)c2ccc(N3CCN(C)CC3)cn2)n1. The molecule has 4 heterocycles. The highest BCUT2D eigenvalue weighted by Crippen LogP contribution is 2.25. The van der Waals surface area contributed by atoms with Crippen LogP contribution in [0, 0.1) is 5.92 Å². The molecule has 2 aliphatic rings. The molecule has 0 aromatic carbocycles. The van der Waals surface area contributed by atoms with Crippen LogP contribution in [0.4, 0.5) is 22.4 Å². The zero-order chi connectivity index (χ0) is 22.0. The molecule has 2 atom stereocenters. The summed E-state index contributed by atoms with van der Waals surface area (Å²) in [6.45, 7) is 10.6. The van der Waals surface area contributed by atoms with Gasteiger partial charge < -0.3 is 19.9 Å². The molecule has 0 radical (unpaired) electrons. The van der Waals surface area contributed by atoms with Gasteiger partial charge in [-0.05, 0) is 32.0 Å². The molecule has 2 aliphatic heterocycles. The van der Waals surface area contributed by atoms with Crippen molar-refractivity contribution in [3.8, 4) is 0 Å². The Hall–Kier alpha value is -3.01. The average molecular weight is 427 g/mol. The third-order valence-electron chi connectivity index (χ3n) is 5.88. The maximum absolute atomic E-state index is 12.2. The number of cyclic esters (lactones) is 1. The minimum Gasteiger partial charge on any atom is -0.447 e. The predicted octanol–water partition coefficient (Wildman–Crippen LogP) is 2.17. The summed E-state index contributed by atoms with van der Waals surface area (Å²) in [4.78, 5) is 35.9. The van der Waals surface area contributed by atoms with Crippen molar-refractivity contribution in [3.63, 3.8) is 0 Å². The number of nitrogens with zero attached hydrogens (tertiary/aromatic N) is 7. The number of nitrogens with one attached hydrogen (secondary N) is 1. The van der Waals surface area contributed by atoms with E-state index in [1.54, 1.807) is 0 Å². The lowest BCUT2D eigenvalue weighted by Crippen LogP contribution is -2.44. The van der Waals surface area contributed by atoms with Gasteiger partial charge in [0.1, 0.15) is 12.9 Å². The van der Waals surface area contributed by atoms with Crippen LogP contribution in [0.1, 0.15) is 32.5 Å². The molecular weight excluding hydrogens is 396 g/mol. The molecule has 0 aliphatic carbocycles. The lowest BCUT2D eigenvalue weighted by molar-refractivity contribution is 0.177. The maximum atomic E-state index is 12.2. The molecule has 2 aromatic rings. The molecule has 10 heteroatoms. The Morgan fingerprint density at radius 1 is 1.10 bits per heavy atom. The number of pyridine rings is 1. The number of amides is 1. The molecule has 1 amide bonds. The van der Waals surface area contributed by atoms with Crippen molar-refractivity contribution in [2.45, 2.75) is 32.9 Å². The van der Waals surface area contributed by atoms with E-state index in [2.05, 4.69) is 48.2 Å². The highest BCUT2D eigenvalue weighted by atomic mass is 16.6. The quantitative estimate of drug-likeness (QED) is 0.745. The minimum atomic E-state index is -0.426. The van der Waals surface area contributed by atoms with Gasteiger partial charge in [-0.1, -0.05) is 13.8 Å². The fraction of sp³-hybridized carbons (Fsp3) is 0.571. The Morgan fingerprint density at radius 2 is 1.87 bits per heavy atom. The molecule has 0 spiro atoms. The van der Waals surface area contributed by atoms with E-state index < -0.39 is 6.09 Å². The molecule has 1 N–H and O–H groups in total. The number of likely N-dealkylation sites (N-methyl/N-ethyl adjacent to an activating group) is 1. The molecule has 0 unspecified atom stereocenters. The zero-order valence-electron chi connectivity index (χ0n) is 18.5. The highest BCUT2D eigenvalue weighted by molar-refractivity contribution is 5.88. The van der Waals surface area contributed by atoms with Crippen molar-refractivity contribution in [1.82, 2.24) is 24.8 Å². The molecule has 10 nitrogen and oxygen atoms in total. The third kappa shape index (κ3) is 4.68. The van der Waals surface area contributed by atoms with Gasteiger partial charge in [-0.25, -0.2) is 19.7 Å². The first-order valence-electron chi connectivity index (χ1n) is 10.7. The molecule has 2 fully saturated rings. The van der Waals surface area contributed by atoms with Crippen LogP contribution in [0.25, 0.3) is 0 Å². The number of piperazine rings is 1. The standard InChI is InChI=1S/C21H30N8O2/c1-14(2)18-12-31-21(30)29(18)20-24-13-23-19(26-20)25-15(3)17-6-5-16(11-22-17)28-9-7-27(4)8-10-28/h5-6,11,13-15,18H,7-10,12H2,1-4H3,(H,23,24,25,26)/t15-,18-/m1/s1. The minimum absolute atomic E-state index is 0.0936. The number of carbonyl (C=O) groups excluding carboxylic acids is 1. The summed E-state index contributed by atoms with van der Waals surface area (Å²) in [6, 6.07) is 3.94. The smallest absolute Gasteiger partial charge is 0.417 e. The van der Waals surface area contributed by atoms with Crippen LogP contribution in [-0.4, -0.2) is 76.8 Å². The van der Waals surface area contributed by atoms with Crippen molar-refractivity contribution < 1.29 is 9.53 Å². The normalized spacial score (nSPS) is 20.8. The molecule has 4 rings (SSSR count). The Labute approximate surface area is 182 Å². The molecule has 166 valence electrons. The summed E-state index contributed by atoms with van der Waals surface area (Å²) < 4.78 is 5.20. The van der Waals surface area contributed by atoms with Gasteiger partial charge in [-0.15, -0.1) is 0 Å². The first-order chi connectivity index (χ1) is 14.9. The maximum Gasteiger partial charge on any atom is 0.417 e. The van der Waals surface area contributed by atoms with Crippen molar-refractivity contribution >= 4 is 23.7 Å². The van der Waals surface area contributed by atoms with Crippen molar-refractivity contribution in [2.75, 3.05) is 55.0 Å². The van der Waals surface area contributed by atoms with Gasteiger partial charge in [0, 0.05) is 26.2 Å². The summed E-state index contributed by atoms with van der Waals surface area (Å²) in [7, 11) is 2.15. The van der Waals surface area contributed by atoms with E-state index in [9.17, 15) is 4.79 Å². The number of hydrogen-bond donors (Lipinski definition) is 1. The molecule has 31 heavy (non-hydrogen) atoms. The second-order valence-corrected chi connectivity index (χ2v) is 8.46. The number of rotatable bonds is 6. The van der Waals surface area contributed by atoms with Gasteiger partial charge in [-0.3, -0.25) is 4.98 Å².